The van der Waals surface area contributed by atoms with E-state index in [1.54, 1.807) is 29.2 Å². The van der Waals surface area contributed by atoms with Crippen LogP contribution in [0.1, 0.15) is 16.8 Å². The topological polar surface area (TPSA) is 94.8 Å². The largest absolute Gasteiger partial charge is 0.477 e. The molecule has 3 aromatic rings. The maximum Gasteiger partial charge on any atom is 0.349 e. The zero-order chi connectivity index (χ0) is 18.8. The fourth-order valence-electron chi connectivity index (χ4n) is 3.08. The molecule has 1 aliphatic rings. The third-order valence-corrected chi connectivity index (χ3v) is 4.41. The third-order valence-electron chi connectivity index (χ3n) is 4.41. The van der Waals surface area contributed by atoms with Crippen LogP contribution < -0.4 is 15.1 Å². The van der Waals surface area contributed by atoms with Gasteiger partial charge < -0.3 is 18.8 Å². The van der Waals surface area contributed by atoms with Gasteiger partial charge in [0, 0.05) is 30.7 Å². The van der Waals surface area contributed by atoms with Gasteiger partial charge in [-0.05, 0) is 12.1 Å². The zero-order valence-corrected chi connectivity index (χ0v) is 14.6. The lowest BCUT2D eigenvalue weighted by Gasteiger charge is -2.17. The number of carbonyl (C=O) groups excluding carboxylic acids is 1. The fraction of sp³-hybridized carbons (Fsp3) is 0.263. The van der Waals surface area contributed by atoms with Gasteiger partial charge in [0.25, 0.3) is 17.7 Å². The Morgan fingerprint density at radius 1 is 1.22 bits per heavy atom. The summed E-state index contributed by atoms with van der Waals surface area (Å²) < 4.78 is 16.2. The lowest BCUT2D eigenvalue weighted by molar-refractivity contribution is 0.0766. The van der Waals surface area contributed by atoms with Crippen LogP contribution >= 0.6 is 0 Å². The van der Waals surface area contributed by atoms with Crippen LogP contribution in [0.4, 0.5) is 0 Å². The highest BCUT2D eigenvalue weighted by Crippen LogP contribution is 2.24. The van der Waals surface area contributed by atoms with E-state index in [2.05, 4.69) is 9.97 Å². The van der Waals surface area contributed by atoms with Crippen LogP contribution in [-0.4, -0.2) is 47.1 Å². The van der Waals surface area contributed by atoms with Crippen molar-refractivity contribution in [2.45, 2.75) is 12.5 Å². The molecule has 4 rings (SSSR count). The molecule has 1 aromatic carbocycles. The number of methoxy groups -OCH3 is 1. The standard InChI is InChI=1S/C19H17N3O5/c1-25-16-17(21-8-7-20-16)26-13-6-9-22(11-13)18(23)14-10-12-4-2-3-5-15(12)27-19(14)24/h2-5,7-8,10,13H,6,9,11H2,1H3. The lowest BCUT2D eigenvalue weighted by Crippen LogP contribution is -2.33. The Bertz CT molecular complexity index is 1050. The van der Waals surface area contributed by atoms with Crippen LogP contribution in [-0.2, 0) is 0 Å². The number of para-hydroxylation sites is 1. The van der Waals surface area contributed by atoms with Crippen molar-refractivity contribution in [3.05, 3.63) is 58.7 Å². The van der Waals surface area contributed by atoms with Crippen LogP contribution in [0.3, 0.4) is 0 Å². The average molecular weight is 367 g/mol. The van der Waals surface area contributed by atoms with Gasteiger partial charge in [0.05, 0.1) is 13.7 Å². The molecule has 2 aromatic heterocycles. The van der Waals surface area contributed by atoms with Gasteiger partial charge in [0.1, 0.15) is 17.3 Å². The molecule has 8 nitrogen and oxygen atoms in total. The second-order valence-corrected chi connectivity index (χ2v) is 6.14. The molecule has 3 heterocycles. The summed E-state index contributed by atoms with van der Waals surface area (Å²) >= 11 is 0. The molecule has 1 atom stereocenters. The molecule has 0 bridgehead atoms. The summed E-state index contributed by atoms with van der Waals surface area (Å²) in [4.78, 5) is 34.7. The number of rotatable bonds is 4. The predicted octanol–water partition coefficient (Wildman–Crippen LogP) is 1.89. The summed E-state index contributed by atoms with van der Waals surface area (Å²) in [6.07, 6.45) is 3.38. The van der Waals surface area contributed by atoms with Crippen molar-refractivity contribution in [1.82, 2.24) is 14.9 Å². The average Bonchev–Trinajstić information content (AvgIpc) is 3.16. The number of nitrogens with zero attached hydrogens (tertiary/aromatic N) is 3. The van der Waals surface area contributed by atoms with Crippen LogP contribution in [0, 0.1) is 0 Å². The summed E-state index contributed by atoms with van der Waals surface area (Å²) in [6, 6.07) is 8.66. The van der Waals surface area contributed by atoms with Crippen LogP contribution in [0.25, 0.3) is 11.0 Å². The SMILES string of the molecule is COc1nccnc1OC1CCN(C(=O)c2cc3ccccc3oc2=O)C1. The van der Waals surface area contributed by atoms with Crippen molar-refractivity contribution in [3.8, 4) is 11.8 Å². The second kappa shape index (κ2) is 7.06. The summed E-state index contributed by atoms with van der Waals surface area (Å²) in [5.74, 6) is 0.202. The molecule has 0 aliphatic carbocycles. The van der Waals surface area contributed by atoms with Gasteiger partial charge in [0.15, 0.2) is 0 Å². The van der Waals surface area contributed by atoms with Gasteiger partial charge in [-0.25, -0.2) is 14.8 Å². The molecule has 1 saturated heterocycles. The van der Waals surface area contributed by atoms with Gasteiger partial charge in [0.2, 0.25) is 0 Å². The van der Waals surface area contributed by atoms with Crippen molar-refractivity contribution in [1.29, 1.82) is 0 Å². The van der Waals surface area contributed by atoms with E-state index in [4.69, 9.17) is 13.9 Å². The molecule has 0 N–H and O–H groups in total. The first-order valence-electron chi connectivity index (χ1n) is 8.49. The molecule has 1 unspecified atom stereocenters. The molecule has 0 radical (unpaired) electrons. The summed E-state index contributed by atoms with van der Waals surface area (Å²) in [6.45, 7) is 0.809. The number of ether oxygens (including phenoxy) is 2. The van der Waals surface area contributed by atoms with E-state index in [-0.39, 0.29) is 29.3 Å². The van der Waals surface area contributed by atoms with Crippen LogP contribution in [0.15, 0.2) is 51.9 Å². The fourth-order valence-corrected chi connectivity index (χ4v) is 3.08. The molecular weight excluding hydrogens is 350 g/mol. The molecule has 27 heavy (non-hydrogen) atoms. The lowest BCUT2D eigenvalue weighted by atomic mass is 10.1. The highest BCUT2D eigenvalue weighted by molar-refractivity contribution is 5.96. The Morgan fingerprint density at radius 2 is 2.00 bits per heavy atom. The molecule has 0 saturated carbocycles. The van der Waals surface area contributed by atoms with E-state index in [9.17, 15) is 9.59 Å². The highest BCUT2D eigenvalue weighted by atomic mass is 16.5. The minimum atomic E-state index is -0.640. The van der Waals surface area contributed by atoms with Crippen LogP contribution in [0.2, 0.25) is 0 Å². The second-order valence-electron chi connectivity index (χ2n) is 6.14. The minimum Gasteiger partial charge on any atom is -0.477 e. The van der Waals surface area contributed by atoms with E-state index in [0.29, 0.717) is 30.5 Å². The minimum absolute atomic E-state index is 0.0198. The number of hydrogen-bond acceptors (Lipinski definition) is 7. The number of benzene rings is 1. The van der Waals surface area contributed by atoms with Crippen molar-refractivity contribution < 1.29 is 18.7 Å². The summed E-state index contributed by atoms with van der Waals surface area (Å²) in [5.41, 5.74) is -0.165. The first-order valence-corrected chi connectivity index (χ1v) is 8.49. The van der Waals surface area contributed by atoms with Gasteiger partial charge in [-0.3, -0.25) is 4.79 Å². The Labute approximate surface area is 154 Å². The zero-order valence-electron chi connectivity index (χ0n) is 14.6. The Balaban J connectivity index is 1.51. The Kier molecular flexibility index (Phi) is 4.45. The highest BCUT2D eigenvalue weighted by Gasteiger charge is 2.31. The first kappa shape index (κ1) is 17.0. The molecular formula is C19H17N3O5. The number of fused-ring (bicyclic) bond motifs is 1. The number of likely N-dealkylation sites (tertiary alicyclic amines) is 1. The van der Waals surface area contributed by atoms with Gasteiger partial charge in [-0.2, -0.15) is 0 Å². The molecule has 0 spiro atoms. The molecule has 1 amide bonds. The van der Waals surface area contributed by atoms with Gasteiger partial charge >= 0.3 is 5.63 Å². The normalized spacial score (nSPS) is 16.5. The monoisotopic (exact) mass is 367 g/mol. The number of aromatic nitrogens is 2. The van der Waals surface area contributed by atoms with E-state index >= 15 is 0 Å². The predicted molar refractivity (Wildman–Crippen MR) is 96.0 cm³/mol. The van der Waals surface area contributed by atoms with Crippen molar-refractivity contribution in [3.63, 3.8) is 0 Å². The Morgan fingerprint density at radius 3 is 2.81 bits per heavy atom. The van der Waals surface area contributed by atoms with Gasteiger partial charge in [-0.15, -0.1) is 0 Å². The van der Waals surface area contributed by atoms with E-state index < -0.39 is 5.63 Å². The first-order chi connectivity index (χ1) is 13.2. The molecule has 1 aliphatic heterocycles. The molecule has 1 fully saturated rings. The number of hydrogen-bond donors (Lipinski definition) is 0. The summed E-state index contributed by atoms with van der Waals surface area (Å²) in [5, 5.41) is 0.705. The van der Waals surface area contributed by atoms with Crippen molar-refractivity contribution >= 4 is 16.9 Å². The maximum absolute atomic E-state index is 12.8. The summed E-state index contributed by atoms with van der Waals surface area (Å²) in [7, 11) is 1.49. The maximum atomic E-state index is 12.8. The van der Waals surface area contributed by atoms with E-state index in [1.165, 1.54) is 19.5 Å². The number of amides is 1. The van der Waals surface area contributed by atoms with Crippen LogP contribution in [0.5, 0.6) is 11.8 Å². The smallest absolute Gasteiger partial charge is 0.349 e. The molecule has 138 valence electrons. The third kappa shape index (κ3) is 3.33. The van der Waals surface area contributed by atoms with Gasteiger partial charge in [-0.1, -0.05) is 18.2 Å². The van der Waals surface area contributed by atoms with E-state index in [0.717, 1.165) is 0 Å². The Hall–Kier alpha value is -3.42. The quantitative estimate of drug-likeness (QED) is 0.650. The number of carbonyl (C=O) groups is 1. The van der Waals surface area contributed by atoms with E-state index in [1.807, 2.05) is 6.07 Å². The van der Waals surface area contributed by atoms with Crippen molar-refractivity contribution in [2.75, 3.05) is 20.2 Å². The van der Waals surface area contributed by atoms with Crippen molar-refractivity contribution in [2.24, 2.45) is 0 Å². The molecule has 8 heteroatoms.